The van der Waals surface area contributed by atoms with Crippen LogP contribution in [0, 0.1) is 13.8 Å². The lowest BCUT2D eigenvalue weighted by Gasteiger charge is -2.27. The van der Waals surface area contributed by atoms with E-state index in [0.717, 1.165) is 11.1 Å². The Balaban J connectivity index is 1.87. The van der Waals surface area contributed by atoms with Gasteiger partial charge in [0.2, 0.25) is 11.8 Å². The van der Waals surface area contributed by atoms with Crippen molar-refractivity contribution in [1.29, 1.82) is 0 Å². The summed E-state index contributed by atoms with van der Waals surface area (Å²) in [5.74, 6) is -1.52. The van der Waals surface area contributed by atoms with Crippen molar-refractivity contribution < 1.29 is 28.8 Å². The van der Waals surface area contributed by atoms with Gasteiger partial charge in [-0.25, -0.2) is 0 Å². The first-order valence-electron chi connectivity index (χ1n) is 11.9. The number of aryl methyl sites for hydroxylation is 3. The minimum atomic E-state index is -1.22. The maximum Gasteiger partial charge on any atom is 0.276 e. The van der Waals surface area contributed by atoms with Crippen molar-refractivity contribution in [3.8, 4) is 0 Å². The fraction of sp³-hybridized carbons (Fsp3) is 0.480. The monoisotopic (exact) mass is 499 g/mol. The fourth-order valence-electron chi connectivity index (χ4n) is 4.01. The summed E-state index contributed by atoms with van der Waals surface area (Å²) in [6.07, 6.45) is 0.0708. The Bertz CT molecular complexity index is 1130. The summed E-state index contributed by atoms with van der Waals surface area (Å²) in [4.78, 5) is 52.8. The van der Waals surface area contributed by atoms with Crippen LogP contribution in [0.25, 0.3) is 0 Å². The van der Waals surface area contributed by atoms with E-state index < -0.39 is 35.9 Å². The number of nitrogens with one attached hydrogen (secondary N) is 3. The highest BCUT2D eigenvalue weighted by Gasteiger charge is 2.29. The lowest BCUT2D eigenvalue weighted by atomic mass is 10.00. The molecule has 194 valence electrons. The minimum absolute atomic E-state index is 0.00958. The molecule has 11 nitrogen and oxygen atoms in total. The van der Waals surface area contributed by atoms with Crippen LogP contribution in [0.4, 0.5) is 0 Å². The Morgan fingerprint density at radius 3 is 2.61 bits per heavy atom. The number of carbonyl (C=O) groups excluding carboxylic acids is 4. The van der Waals surface area contributed by atoms with Gasteiger partial charge < -0.3 is 30.5 Å². The Morgan fingerprint density at radius 2 is 1.94 bits per heavy atom. The zero-order chi connectivity index (χ0) is 26.4. The zero-order valence-corrected chi connectivity index (χ0v) is 21.0. The standard InChI is InChI=1S/C25H33N5O6/c1-14-7-8-19-11-18(14)6-5-9-26-21(32)13-30(25(35)20-10-16(3)36-29-20)12-15(2)27-24(34)22(17(4)31)28-23(19)33/h7-8,10-11,15,17,22,31H,5-6,9,12-13H2,1-4H3,(H,26,32)(H,27,34)(H,28,33)/t15-,17-,22+/m1/s1. The molecular weight excluding hydrogens is 466 g/mol. The molecule has 3 rings (SSSR count). The summed E-state index contributed by atoms with van der Waals surface area (Å²) >= 11 is 0. The van der Waals surface area contributed by atoms with Gasteiger partial charge in [-0.05, 0) is 63.8 Å². The van der Waals surface area contributed by atoms with Crippen LogP contribution in [0.3, 0.4) is 0 Å². The quantitative estimate of drug-likeness (QED) is 0.469. The Labute approximate surface area is 209 Å². The van der Waals surface area contributed by atoms with Crippen molar-refractivity contribution in [2.45, 2.75) is 58.7 Å². The van der Waals surface area contributed by atoms with Crippen LogP contribution in [-0.4, -0.2) is 76.6 Å². The van der Waals surface area contributed by atoms with Crippen LogP contribution < -0.4 is 16.0 Å². The molecule has 4 N–H and O–H groups in total. The lowest BCUT2D eigenvalue weighted by Crippen LogP contribution is -2.56. The van der Waals surface area contributed by atoms with Crippen molar-refractivity contribution in [2.24, 2.45) is 0 Å². The predicted molar refractivity (Wildman–Crippen MR) is 130 cm³/mol. The summed E-state index contributed by atoms with van der Waals surface area (Å²) in [5, 5.41) is 22.1. The number of rotatable bonds is 2. The third-order valence-corrected chi connectivity index (χ3v) is 5.96. The molecule has 0 spiro atoms. The number of aromatic nitrogens is 1. The van der Waals surface area contributed by atoms with E-state index in [1.165, 1.54) is 17.9 Å². The third-order valence-electron chi connectivity index (χ3n) is 5.96. The first-order valence-corrected chi connectivity index (χ1v) is 11.9. The van der Waals surface area contributed by atoms with E-state index in [1.54, 1.807) is 26.0 Å². The van der Waals surface area contributed by atoms with Crippen LogP contribution in [0.15, 0.2) is 28.8 Å². The maximum absolute atomic E-state index is 13.0. The van der Waals surface area contributed by atoms with E-state index >= 15 is 0 Å². The second kappa shape index (κ2) is 11.8. The van der Waals surface area contributed by atoms with Crippen LogP contribution in [0.5, 0.6) is 0 Å². The molecule has 36 heavy (non-hydrogen) atoms. The van der Waals surface area contributed by atoms with E-state index in [-0.39, 0.29) is 24.7 Å². The summed E-state index contributed by atoms with van der Waals surface area (Å²) in [5.41, 5.74) is 2.35. The number of carbonyl (C=O) groups is 4. The number of amides is 4. The highest BCUT2D eigenvalue weighted by molar-refractivity contribution is 5.98. The minimum Gasteiger partial charge on any atom is -0.391 e. The molecule has 1 aliphatic rings. The molecule has 0 saturated heterocycles. The molecule has 2 aromatic rings. The van der Waals surface area contributed by atoms with Gasteiger partial charge in [0.15, 0.2) is 5.69 Å². The number of nitrogens with zero attached hydrogens (tertiary/aromatic N) is 2. The molecule has 11 heteroatoms. The van der Waals surface area contributed by atoms with Crippen molar-refractivity contribution in [1.82, 2.24) is 26.0 Å². The van der Waals surface area contributed by atoms with E-state index in [4.69, 9.17) is 4.52 Å². The Kier molecular flexibility index (Phi) is 8.81. The normalized spacial score (nSPS) is 21.1. The number of fused-ring (bicyclic) bond motifs is 2. The third kappa shape index (κ3) is 6.91. The topological polar surface area (TPSA) is 154 Å². The molecule has 1 aliphatic heterocycles. The number of aliphatic hydroxyl groups excluding tert-OH is 1. The second-order valence-electron chi connectivity index (χ2n) is 9.20. The van der Waals surface area contributed by atoms with Crippen molar-refractivity contribution in [3.63, 3.8) is 0 Å². The Hall–Kier alpha value is -3.73. The second-order valence-corrected chi connectivity index (χ2v) is 9.20. The van der Waals surface area contributed by atoms with Gasteiger partial charge >= 0.3 is 0 Å². The molecule has 2 heterocycles. The molecule has 2 bridgehead atoms. The van der Waals surface area contributed by atoms with Gasteiger partial charge in [-0.1, -0.05) is 11.2 Å². The number of benzene rings is 1. The number of hydrogen-bond donors (Lipinski definition) is 4. The molecular formula is C25H33N5O6. The van der Waals surface area contributed by atoms with Gasteiger partial charge in [0.1, 0.15) is 11.8 Å². The molecule has 0 saturated carbocycles. The average Bonchev–Trinajstić information content (AvgIpc) is 3.25. The fourth-order valence-corrected chi connectivity index (χ4v) is 4.01. The molecule has 0 unspecified atom stereocenters. The maximum atomic E-state index is 13.0. The molecule has 1 aromatic heterocycles. The van der Waals surface area contributed by atoms with Crippen molar-refractivity contribution in [2.75, 3.05) is 19.6 Å². The predicted octanol–water partition coefficient (Wildman–Crippen LogP) is 0.480. The molecule has 3 atom stereocenters. The summed E-state index contributed by atoms with van der Waals surface area (Å²) in [6.45, 7) is 6.78. The van der Waals surface area contributed by atoms with E-state index in [2.05, 4.69) is 21.1 Å². The van der Waals surface area contributed by atoms with Crippen LogP contribution in [0.1, 0.15) is 58.0 Å². The highest BCUT2D eigenvalue weighted by Crippen LogP contribution is 2.14. The first kappa shape index (κ1) is 26.9. The van der Waals surface area contributed by atoms with E-state index in [0.29, 0.717) is 30.7 Å². The summed E-state index contributed by atoms with van der Waals surface area (Å²) in [6, 6.07) is 4.89. The van der Waals surface area contributed by atoms with Gasteiger partial charge in [0.25, 0.3) is 11.8 Å². The summed E-state index contributed by atoms with van der Waals surface area (Å²) < 4.78 is 5.00. The van der Waals surface area contributed by atoms with Gasteiger partial charge in [-0.2, -0.15) is 0 Å². The van der Waals surface area contributed by atoms with Gasteiger partial charge in [0, 0.05) is 30.8 Å². The van der Waals surface area contributed by atoms with Crippen LogP contribution >= 0.6 is 0 Å². The smallest absolute Gasteiger partial charge is 0.276 e. The van der Waals surface area contributed by atoms with Gasteiger partial charge in [-0.3, -0.25) is 19.2 Å². The summed E-state index contributed by atoms with van der Waals surface area (Å²) in [7, 11) is 0. The molecule has 0 fully saturated rings. The van der Waals surface area contributed by atoms with Crippen molar-refractivity contribution >= 4 is 23.6 Å². The SMILES string of the molecule is Cc1cc(C(=O)N2CC(=O)NCCCc3cc(ccc3C)C(=O)N[C@@H]([C@@H](C)O)C(=O)N[C@H](C)C2)no1. The van der Waals surface area contributed by atoms with Crippen LogP contribution in [-0.2, 0) is 16.0 Å². The van der Waals surface area contributed by atoms with Gasteiger partial charge in [-0.15, -0.1) is 0 Å². The molecule has 4 amide bonds. The van der Waals surface area contributed by atoms with Crippen LogP contribution in [0.2, 0.25) is 0 Å². The Morgan fingerprint density at radius 1 is 1.19 bits per heavy atom. The zero-order valence-electron chi connectivity index (χ0n) is 21.0. The number of hydrogen-bond acceptors (Lipinski definition) is 7. The molecule has 1 aromatic carbocycles. The number of aliphatic hydroxyl groups is 1. The lowest BCUT2D eigenvalue weighted by molar-refractivity contribution is -0.126. The van der Waals surface area contributed by atoms with E-state index in [1.807, 2.05) is 13.0 Å². The van der Waals surface area contributed by atoms with Crippen molar-refractivity contribution in [3.05, 3.63) is 52.4 Å². The molecule has 0 radical (unpaired) electrons. The highest BCUT2D eigenvalue weighted by atomic mass is 16.5. The van der Waals surface area contributed by atoms with E-state index in [9.17, 15) is 24.3 Å². The van der Waals surface area contributed by atoms with Gasteiger partial charge in [0.05, 0.1) is 12.6 Å². The molecule has 0 aliphatic carbocycles. The largest absolute Gasteiger partial charge is 0.391 e. The first-order chi connectivity index (χ1) is 17.0. The average molecular weight is 500 g/mol.